The first-order valence-corrected chi connectivity index (χ1v) is 34.1. The standard InChI is InChI=1S/C67H117N5O15/c1-4-6-7-8-9-10-11-12-13-14-15-16-17-18-19-28-62(77)72-59(67(82)83)37-36-58(74)27-24-44-84-46-48-86-51-65(80)69-43-45-85-47-49-87-50-64(79)68-41-22-20-25-53(5-2)60(75)39-32-55-33-40-63(78)71-57-34-29-56(30-35-57)66(81)70-42-23-21-26-54(52(3)73)31-38-61(55)76/h53-57,59H,4-51H2,1-3H3,(H,68,79)(H,69,80)(H,70,81)(H,71,78)(H,72,77)(H,82,83)/t53-,54+,55-,56?,57?,59?/m0/s1. The summed E-state index contributed by atoms with van der Waals surface area (Å²) in [4.78, 5) is 126. The van der Waals surface area contributed by atoms with Crippen LogP contribution in [0.15, 0.2) is 0 Å². The van der Waals surface area contributed by atoms with Gasteiger partial charge in [-0.1, -0.05) is 117 Å². The Morgan fingerprint density at radius 3 is 1.77 bits per heavy atom. The second-order valence-electron chi connectivity index (χ2n) is 24.4. The molecule has 3 fully saturated rings. The quantitative estimate of drug-likeness (QED) is 0.0309. The first kappa shape index (κ1) is 78.4. The Labute approximate surface area is 521 Å². The number of aliphatic carboxylic acids is 1. The molecular formula is C67H117N5O15. The average Bonchev–Trinajstić information content (AvgIpc) is 3.70. The molecule has 20 nitrogen and oxygen atoms in total. The molecule has 2 heterocycles. The second-order valence-corrected chi connectivity index (χ2v) is 24.4. The van der Waals surface area contributed by atoms with E-state index in [2.05, 4.69) is 33.5 Å². The van der Waals surface area contributed by atoms with Crippen molar-refractivity contribution in [2.75, 3.05) is 72.5 Å². The van der Waals surface area contributed by atoms with E-state index in [9.17, 15) is 53.1 Å². The minimum atomic E-state index is -1.15. The molecule has 0 spiro atoms. The van der Waals surface area contributed by atoms with Crippen molar-refractivity contribution in [1.82, 2.24) is 26.6 Å². The van der Waals surface area contributed by atoms with Crippen molar-refractivity contribution in [3.05, 3.63) is 0 Å². The topological polar surface area (TPSA) is 288 Å². The lowest BCUT2D eigenvalue weighted by Gasteiger charge is -2.28. The van der Waals surface area contributed by atoms with Crippen LogP contribution in [0.4, 0.5) is 0 Å². The van der Waals surface area contributed by atoms with Crippen LogP contribution in [0.5, 0.6) is 0 Å². The summed E-state index contributed by atoms with van der Waals surface area (Å²) in [5.41, 5.74) is 0. The number of unbranched alkanes of at least 4 members (excludes halogenated alkanes) is 15. The van der Waals surface area contributed by atoms with Crippen LogP contribution in [0.1, 0.15) is 258 Å². The Hall–Kier alpha value is -4.66. The molecule has 1 aliphatic carbocycles. The number of carbonyl (C=O) groups is 10. The summed E-state index contributed by atoms with van der Waals surface area (Å²) in [7, 11) is 0. The van der Waals surface area contributed by atoms with E-state index in [1.165, 1.54) is 70.6 Å². The van der Waals surface area contributed by atoms with E-state index in [1.54, 1.807) is 6.92 Å². The monoisotopic (exact) mass is 1230 g/mol. The molecule has 0 radical (unpaired) electrons. The smallest absolute Gasteiger partial charge is 0.326 e. The molecule has 3 aliphatic rings. The minimum absolute atomic E-state index is 0.000745. The zero-order valence-electron chi connectivity index (χ0n) is 54.1. The molecule has 2 saturated heterocycles. The Kier molecular flexibility index (Phi) is 47.0. The number of carboxylic acid groups (broad SMARTS) is 1. The predicted molar refractivity (Wildman–Crippen MR) is 336 cm³/mol. The van der Waals surface area contributed by atoms with Gasteiger partial charge in [-0.25, -0.2) is 4.79 Å². The lowest BCUT2D eigenvalue weighted by Crippen LogP contribution is -2.41. The normalized spacial score (nSPS) is 18.7. The predicted octanol–water partition coefficient (Wildman–Crippen LogP) is 9.72. The van der Waals surface area contributed by atoms with Crippen LogP contribution < -0.4 is 26.6 Å². The highest BCUT2D eigenvalue weighted by atomic mass is 16.5. The molecule has 20 heteroatoms. The van der Waals surface area contributed by atoms with Gasteiger partial charge in [-0.15, -0.1) is 0 Å². The summed E-state index contributed by atoms with van der Waals surface area (Å²) < 4.78 is 21.8. The second kappa shape index (κ2) is 52.1. The lowest BCUT2D eigenvalue weighted by molar-refractivity contribution is -0.142. The summed E-state index contributed by atoms with van der Waals surface area (Å²) >= 11 is 0. The van der Waals surface area contributed by atoms with E-state index >= 15 is 0 Å². The fourth-order valence-corrected chi connectivity index (χ4v) is 11.5. The number of carbonyl (C=O) groups excluding carboxylic acids is 9. The zero-order chi connectivity index (χ0) is 63.5. The van der Waals surface area contributed by atoms with Crippen molar-refractivity contribution in [1.29, 1.82) is 0 Å². The number of rotatable bonds is 49. The number of nitrogens with one attached hydrogen (secondary N) is 5. The van der Waals surface area contributed by atoms with Gasteiger partial charge in [0.05, 0.1) is 33.0 Å². The first-order chi connectivity index (χ1) is 42.1. The average molecular weight is 1230 g/mol. The van der Waals surface area contributed by atoms with Gasteiger partial charge in [-0.2, -0.15) is 0 Å². The van der Waals surface area contributed by atoms with Crippen LogP contribution in [0.2, 0.25) is 0 Å². The molecular weight excluding hydrogens is 1110 g/mol. The van der Waals surface area contributed by atoms with Crippen molar-refractivity contribution < 1.29 is 72.0 Å². The molecule has 3 rings (SSSR count). The third kappa shape index (κ3) is 42.1. The molecule has 1 saturated carbocycles. The van der Waals surface area contributed by atoms with E-state index in [1.807, 2.05) is 6.92 Å². The van der Waals surface area contributed by atoms with Crippen molar-refractivity contribution in [3.8, 4) is 0 Å². The summed E-state index contributed by atoms with van der Waals surface area (Å²) in [5, 5.41) is 23.9. The Morgan fingerprint density at radius 1 is 0.563 bits per heavy atom. The third-order valence-electron chi connectivity index (χ3n) is 17.1. The number of carboxylic acids is 1. The van der Waals surface area contributed by atoms with Gasteiger partial charge < -0.3 is 50.6 Å². The SMILES string of the molecule is CCCCCCCCCCCCCCCCCC(=O)NC(CCC(=O)CCCOCCOCC(=O)NCCOCCOCC(=O)NCCCC[C@H](CC)C(=O)CC[C@H]1CCC(=O)NC2CCC(CC2)C(=O)NCCCC[C@@H](C(C)=O)CCC1=O)C(=O)O. The molecule has 0 aromatic carbocycles. The summed E-state index contributed by atoms with van der Waals surface area (Å²) in [6, 6.07) is -1.10. The number of fused-ring (bicyclic) bond motifs is 16. The van der Waals surface area contributed by atoms with E-state index in [-0.39, 0.29) is 174 Å². The molecule has 2 bridgehead atoms. The van der Waals surface area contributed by atoms with E-state index in [4.69, 9.17) is 18.9 Å². The number of ketones is 4. The molecule has 6 N–H and O–H groups in total. The van der Waals surface area contributed by atoms with Crippen LogP contribution in [-0.2, 0) is 66.9 Å². The van der Waals surface area contributed by atoms with Crippen molar-refractivity contribution in [2.45, 2.75) is 270 Å². The van der Waals surface area contributed by atoms with Gasteiger partial charge in [0, 0.05) is 94.5 Å². The number of hydrogen-bond donors (Lipinski definition) is 6. The van der Waals surface area contributed by atoms with E-state index in [0.29, 0.717) is 83.9 Å². The van der Waals surface area contributed by atoms with E-state index in [0.717, 1.165) is 57.8 Å². The van der Waals surface area contributed by atoms with Gasteiger partial charge in [-0.3, -0.25) is 43.2 Å². The molecule has 4 atom stereocenters. The van der Waals surface area contributed by atoms with Gasteiger partial charge in [-0.05, 0) is 103 Å². The number of Topliss-reactive ketones (excluding diaryl/α,β-unsaturated/α-hetero) is 4. The molecule has 0 aromatic rings. The van der Waals surface area contributed by atoms with Crippen molar-refractivity contribution in [3.63, 3.8) is 0 Å². The van der Waals surface area contributed by atoms with Crippen LogP contribution in [-0.4, -0.2) is 148 Å². The molecule has 0 aromatic heterocycles. The Bertz CT molecular complexity index is 1950. The fraction of sp³-hybridized carbons (Fsp3) is 0.851. The highest BCUT2D eigenvalue weighted by Crippen LogP contribution is 2.27. The molecule has 2 aliphatic heterocycles. The minimum Gasteiger partial charge on any atom is -0.480 e. The number of ether oxygens (including phenoxy) is 4. The maximum Gasteiger partial charge on any atom is 0.326 e. The highest BCUT2D eigenvalue weighted by Gasteiger charge is 2.29. The van der Waals surface area contributed by atoms with Crippen LogP contribution >= 0.6 is 0 Å². The molecule has 1 unspecified atom stereocenters. The van der Waals surface area contributed by atoms with Gasteiger partial charge >= 0.3 is 5.97 Å². The Balaban J connectivity index is 1.46. The number of amides is 5. The third-order valence-corrected chi connectivity index (χ3v) is 17.1. The number of hydrogen-bond acceptors (Lipinski definition) is 14. The summed E-state index contributed by atoms with van der Waals surface area (Å²) in [5.74, 6) is -3.01. The first-order valence-electron chi connectivity index (χ1n) is 34.1. The molecule has 5 amide bonds. The Morgan fingerprint density at radius 2 is 1.16 bits per heavy atom. The zero-order valence-corrected chi connectivity index (χ0v) is 54.1. The molecule has 87 heavy (non-hydrogen) atoms. The highest BCUT2D eigenvalue weighted by molar-refractivity contribution is 5.86. The van der Waals surface area contributed by atoms with Gasteiger partial charge in [0.2, 0.25) is 29.5 Å². The van der Waals surface area contributed by atoms with Crippen molar-refractivity contribution >= 4 is 58.6 Å². The van der Waals surface area contributed by atoms with Gasteiger partial charge in [0.25, 0.3) is 0 Å². The summed E-state index contributed by atoms with van der Waals surface area (Å²) in [6.07, 6.45) is 29.1. The summed E-state index contributed by atoms with van der Waals surface area (Å²) in [6.45, 7) is 8.09. The van der Waals surface area contributed by atoms with Crippen molar-refractivity contribution in [2.24, 2.45) is 23.7 Å². The largest absolute Gasteiger partial charge is 0.480 e. The van der Waals surface area contributed by atoms with Crippen LogP contribution in [0, 0.1) is 23.7 Å². The van der Waals surface area contributed by atoms with E-state index < -0.39 is 17.9 Å². The maximum atomic E-state index is 13.7. The van der Waals surface area contributed by atoms with Gasteiger partial charge in [0.1, 0.15) is 42.4 Å². The maximum absolute atomic E-state index is 13.7. The molecule has 500 valence electrons. The fourth-order valence-electron chi connectivity index (χ4n) is 11.5. The van der Waals surface area contributed by atoms with Gasteiger partial charge in [0.15, 0.2) is 0 Å². The lowest BCUT2D eigenvalue weighted by atomic mass is 9.84. The van der Waals surface area contributed by atoms with Crippen LogP contribution in [0.25, 0.3) is 0 Å². The van der Waals surface area contributed by atoms with Crippen LogP contribution in [0.3, 0.4) is 0 Å².